The Hall–Kier alpha value is -2.74. The number of hydrogen-bond acceptors (Lipinski definition) is 4. The number of rotatable bonds is 6. The van der Waals surface area contributed by atoms with Gasteiger partial charge in [-0.05, 0) is 42.3 Å². The molecule has 156 valence electrons. The van der Waals surface area contributed by atoms with E-state index in [9.17, 15) is 18.0 Å². The average molecular weight is 408 g/mol. The smallest absolute Gasteiger partial charge is 0.416 e. The Kier molecular flexibility index (Phi) is 6.64. The zero-order valence-corrected chi connectivity index (χ0v) is 16.1. The highest BCUT2D eigenvalue weighted by Gasteiger charge is 2.32. The van der Waals surface area contributed by atoms with Crippen molar-refractivity contribution in [3.63, 3.8) is 0 Å². The molecule has 1 saturated heterocycles. The number of carbonyl (C=O) groups excluding carboxylic acids is 1. The van der Waals surface area contributed by atoms with Crippen LogP contribution in [0, 0.1) is 0 Å². The number of nitrogens with one attached hydrogen (secondary N) is 1. The predicted molar refractivity (Wildman–Crippen MR) is 104 cm³/mol. The van der Waals surface area contributed by atoms with E-state index in [1.165, 1.54) is 6.07 Å². The third kappa shape index (κ3) is 5.63. The molecule has 2 aromatic carbocycles. The fraction of sp³-hybridized carbons (Fsp3) is 0.381. The molecule has 0 aromatic heterocycles. The summed E-state index contributed by atoms with van der Waals surface area (Å²) < 4.78 is 50.2. The number of hydrogen-bond donors (Lipinski definition) is 1. The SMILES string of the molecule is CCc1cccc(OCC(=O)Nc2cc(C(F)(F)F)ccc2N2CCOCC2)c1. The van der Waals surface area contributed by atoms with Gasteiger partial charge in [-0.25, -0.2) is 0 Å². The van der Waals surface area contributed by atoms with Crippen molar-refractivity contribution in [1.29, 1.82) is 0 Å². The summed E-state index contributed by atoms with van der Waals surface area (Å²) in [6.45, 7) is 3.73. The van der Waals surface area contributed by atoms with Crippen LogP contribution in [0.15, 0.2) is 42.5 Å². The van der Waals surface area contributed by atoms with Gasteiger partial charge in [0.05, 0.1) is 30.2 Å². The van der Waals surface area contributed by atoms with E-state index in [-0.39, 0.29) is 12.3 Å². The van der Waals surface area contributed by atoms with Crippen molar-refractivity contribution in [3.05, 3.63) is 53.6 Å². The molecule has 8 heteroatoms. The molecule has 0 aliphatic carbocycles. The molecule has 29 heavy (non-hydrogen) atoms. The van der Waals surface area contributed by atoms with Crippen molar-refractivity contribution in [2.24, 2.45) is 0 Å². The van der Waals surface area contributed by atoms with Crippen molar-refractivity contribution < 1.29 is 27.4 Å². The van der Waals surface area contributed by atoms with Crippen molar-refractivity contribution in [3.8, 4) is 5.75 Å². The van der Waals surface area contributed by atoms with E-state index in [1.54, 1.807) is 6.07 Å². The molecule has 3 rings (SSSR count). The number of morpholine rings is 1. The van der Waals surface area contributed by atoms with Gasteiger partial charge in [0.25, 0.3) is 5.91 Å². The topological polar surface area (TPSA) is 50.8 Å². The predicted octanol–water partition coefficient (Wildman–Crippen LogP) is 4.12. The molecule has 0 radical (unpaired) electrons. The molecular weight excluding hydrogens is 385 g/mol. The van der Waals surface area contributed by atoms with E-state index in [0.717, 1.165) is 24.1 Å². The summed E-state index contributed by atoms with van der Waals surface area (Å²) >= 11 is 0. The van der Waals surface area contributed by atoms with Gasteiger partial charge in [-0.2, -0.15) is 13.2 Å². The Morgan fingerprint density at radius 1 is 1.17 bits per heavy atom. The second kappa shape index (κ2) is 9.17. The van der Waals surface area contributed by atoms with E-state index in [2.05, 4.69) is 5.32 Å². The fourth-order valence-electron chi connectivity index (χ4n) is 3.08. The van der Waals surface area contributed by atoms with E-state index < -0.39 is 17.6 Å². The minimum atomic E-state index is -4.50. The van der Waals surface area contributed by atoms with Crippen LogP contribution in [0.4, 0.5) is 24.5 Å². The quantitative estimate of drug-likeness (QED) is 0.781. The number of halogens is 3. The summed E-state index contributed by atoms with van der Waals surface area (Å²) in [7, 11) is 0. The van der Waals surface area contributed by atoms with Crippen molar-refractivity contribution in [2.45, 2.75) is 19.5 Å². The summed E-state index contributed by atoms with van der Waals surface area (Å²) in [5.41, 5.74) is 0.886. The van der Waals surface area contributed by atoms with Gasteiger partial charge in [0.1, 0.15) is 5.75 Å². The zero-order chi connectivity index (χ0) is 20.9. The highest BCUT2D eigenvalue weighted by molar-refractivity contribution is 5.95. The molecule has 0 spiro atoms. The van der Waals surface area contributed by atoms with Gasteiger partial charge in [0.15, 0.2) is 6.61 Å². The van der Waals surface area contributed by atoms with Gasteiger partial charge in [0, 0.05) is 13.1 Å². The molecule has 1 N–H and O–H groups in total. The lowest BCUT2D eigenvalue weighted by Gasteiger charge is -2.31. The molecule has 0 bridgehead atoms. The number of anilines is 2. The first kappa shape index (κ1) is 21.0. The first-order chi connectivity index (χ1) is 13.9. The van der Waals surface area contributed by atoms with E-state index in [1.807, 2.05) is 30.0 Å². The van der Waals surface area contributed by atoms with Crippen LogP contribution >= 0.6 is 0 Å². The lowest BCUT2D eigenvalue weighted by atomic mass is 10.1. The highest BCUT2D eigenvalue weighted by atomic mass is 19.4. The normalized spacial score (nSPS) is 14.6. The number of nitrogens with zero attached hydrogens (tertiary/aromatic N) is 1. The summed E-state index contributed by atoms with van der Waals surface area (Å²) in [4.78, 5) is 14.3. The standard InChI is InChI=1S/C21H23F3N2O3/c1-2-15-4-3-5-17(12-15)29-14-20(27)25-18-13-16(21(22,23)24)6-7-19(18)26-8-10-28-11-9-26/h3-7,12-13H,2,8-11,14H2,1H3,(H,25,27). The van der Waals surface area contributed by atoms with Gasteiger partial charge in [-0.15, -0.1) is 0 Å². The largest absolute Gasteiger partial charge is 0.484 e. The minimum Gasteiger partial charge on any atom is -0.484 e. The summed E-state index contributed by atoms with van der Waals surface area (Å²) in [6, 6.07) is 10.7. The van der Waals surface area contributed by atoms with Crippen LogP contribution in [0.5, 0.6) is 5.75 Å². The average Bonchev–Trinajstić information content (AvgIpc) is 2.72. The number of aryl methyl sites for hydroxylation is 1. The van der Waals surface area contributed by atoms with Gasteiger partial charge < -0.3 is 19.7 Å². The first-order valence-corrected chi connectivity index (χ1v) is 9.42. The lowest BCUT2D eigenvalue weighted by molar-refractivity contribution is -0.137. The molecule has 2 aromatic rings. The molecule has 1 fully saturated rings. The van der Waals surface area contributed by atoms with Gasteiger partial charge in [-0.3, -0.25) is 4.79 Å². The second-order valence-electron chi connectivity index (χ2n) is 6.67. The molecule has 1 amide bonds. The number of carbonyl (C=O) groups is 1. The van der Waals surface area contributed by atoms with Crippen LogP contribution < -0.4 is 15.0 Å². The third-order valence-electron chi connectivity index (χ3n) is 4.63. The Morgan fingerprint density at radius 3 is 2.62 bits per heavy atom. The number of amides is 1. The maximum absolute atomic E-state index is 13.1. The molecular formula is C21H23F3N2O3. The first-order valence-electron chi connectivity index (χ1n) is 9.42. The van der Waals surface area contributed by atoms with Crippen molar-refractivity contribution in [1.82, 2.24) is 0 Å². The summed E-state index contributed by atoms with van der Waals surface area (Å²) in [5, 5.41) is 2.57. The molecule has 0 unspecified atom stereocenters. The second-order valence-corrected chi connectivity index (χ2v) is 6.67. The van der Waals surface area contributed by atoms with Crippen LogP contribution in [-0.4, -0.2) is 38.8 Å². The van der Waals surface area contributed by atoms with Gasteiger partial charge in [-0.1, -0.05) is 19.1 Å². The van der Waals surface area contributed by atoms with E-state index in [0.29, 0.717) is 37.7 Å². The minimum absolute atomic E-state index is 0.109. The van der Waals surface area contributed by atoms with Crippen LogP contribution in [0.3, 0.4) is 0 Å². The molecule has 1 aliphatic heterocycles. The summed E-state index contributed by atoms with van der Waals surface area (Å²) in [6.07, 6.45) is -3.67. The van der Waals surface area contributed by atoms with Crippen LogP contribution in [0.25, 0.3) is 0 Å². The Labute approximate surface area is 167 Å². The molecule has 5 nitrogen and oxygen atoms in total. The highest BCUT2D eigenvalue weighted by Crippen LogP contribution is 2.35. The zero-order valence-electron chi connectivity index (χ0n) is 16.1. The Morgan fingerprint density at radius 2 is 1.93 bits per heavy atom. The fourth-order valence-corrected chi connectivity index (χ4v) is 3.08. The molecule has 0 saturated carbocycles. The number of ether oxygens (including phenoxy) is 2. The summed E-state index contributed by atoms with van der Waals surface area (Å²) in [5.74, 6) is 0.0117. The number of benzene rings is 2. The van der Waals surface area contributed by atoms with Crippen molar-refractivity contribution in [2.75, 3.05) is 43.1 Å². The third-order valence-corrected chi connectivity index (χ3v) is 4.63. The van der Waals surface area contributed by atoms with Crippen LogP contribution in [-0.2, 0) is 22.1 Å². The Balaban J connectivity index is 1.75. The Bertz CT molecular complexity index is 849. The van der Waals surface area contributed by atoms with E-state index in [4.69, 9.17) is 9.47 Å². The van der Waals surface area contributed by atoms with Crippen LogP contribution in [0.1, 0.15) is 18.1 Å². The number of alkyl halides is 3. The maximum Gasteiger partial charge on any atom is 0.416 e. The van der Waals surface area contributed by atoms with Gasteiger partial charge in [0.2, 0.25) is 0 Å². The monoisotopic (exact) mass is 408 g/mol. The van der Waals surface area contributed by atoms with Gasteiger partial charge >= 0.3 is 6.18 Å². The lowest BCUT2D eigenvalue weighted by Crippen LogP contribution is -2.37. The maximum atomic E-state index is 13.1. The van der Waals surface area contributed by atoms with E-state index >= 15 is 0 Å². The molecule has 1 aliphatic rings. The molecule has 0 atom stereocenters. The van der Waals surface area contributed by atoms with Crippen LogP contribution in [0.2, 0.25) is 0 Å². The van der Waals surface area contributed by atoms with Crippen molar-refractivity contribution >= 4 is 17.3 Å². The molecule has 1 heterocycles.